The predicted octanol–water partition coefficient (Wildman–Crippen LogP) is 3.47. The number of rotatable bonds is 6. The summed E-state index contributed by atoms with van der Waals surface area (Å²) in [6.07, 6.45) is 0.724. The van der Waals surface area contributed by atoms with E-state index < -0.39 is 5.97 Å². The van der Waals surface area contributed by atoms with Crippen LogP contribution in [0.5, 0.6) is 5.75 Å². The highest BCUT2D eigenvalue weighted by Gasteiger charge is 2.08. The molecule has 2 aromatic carbocycles. The highest BCUT2D eigenvalue weighted by molar-refractivity contribution is 9.10. The Labute approximate surface area is 130 Å². The van der Waals surface area contributed by atoms with E-state index in [1.807, 2.05) is 12.1 Å². The molecule has 0 radical (unpaired) electrons. The summed E-state index contributed by atoms with van der Waals surface area (Å²) < 4.78 is 6.37. The van der Waals surface area contributed by atoms with E-state index in [0.29, 0.717) is 15.8 Å². The molecule has 2 aromatic rings. The normalized spacial score (nSPS) is 10.1. The van der Waals surface area contributed by atoms with Gasteiger partial charge in [0.15, 0.2) is 0 Å². The van der Waals surface area contributed by atoms with Crippen LogP contribution in [0.15, 0.2) is 46.9 Å². The first-order chi connectivity index (χ1) is 10.1. The number of hydrogen-bond acceptors (Lipinski definition) is 3. The number of carboxylic acids is 1. The molecular weight excluding hydrogens is 336 g/mol. The Morgan fingerprint density at radius 3 is 2.52 bits per heavy atom. The van der Waals surface area contributed by atoms with Gasteiger partial charge in [0, 0.05) is 5.56 Å². The molecule has 0 heterocycles. The van der Waals surface area contributed by atoms with Gasteiger partial charge in [-0.2, -0.15) is 0 Å². The van der Waals surface area contributed by atoms with Crippen LogP contribution in [0, 0.1) is 0 Å². The smallest absolute Gasteiger partial charge is 0.307 e. The summed E-state index contributed by atoms with van der Waals surface area (Å²) in [7, 11) is 0. The molecule has 0 atom stereocenters. The first-order valence-electron chi connectivity index (χ1n) is 6.26. The average molecular weight is 349 g/mol. The molecule has 0 aliphatic carbocycles. The number of hydrogen-bond donors (Lipinski definition) is 1. The first kappa shape index (κ1) is 15.3. The van der Waals surface area contributed by atoms with Crippen molar-refractivity contribution in [2.45, 2.75) is 13.0 Å². The fraction of sp³-hybridized carbons (Fsp3) is 0.125. The molecule has 5 heteroatoms. The average Bonchev–Trinajstić information content (AvgIpc) is 2.46. The van der Waals surface area contributed by atoms with Crippen LogP contribution >= 0.6 is 15.9 Å². The van der Waals surface area contributed by atoms with Crippen molar-refractivity contribution in [2.75, 3.05) is 0 Å². The highest BCUT2D eigenvalue weighted by atomic mass is 79.9. The molecule has 108 valence electrons. The minimum absolute atomic E-state index is 0.0369. The van der Waals surface area contributed by atoms with Crippen LogP contribution < -0.4 is 4.74 Å². The summed E-state index contributed by atoms with van der Waals surface area (Å²) in [5.74, 6) is -0.273. The second kappa shape index (κ2) is 7.04. The van der Waals surface area contributed by atoms with E-state index in [1.54, 1.807) is 30.3 Å². The molecule has 0 spiro atoms. The lowest BCUT2D eigenvalue weighted by molar-refractivity contribution is -0.136. The maximum absolute atomic E-state index is 10.8. The van der Waals surface area contributed by atoms with Gasteiger partial charge in [-0.1, -0.05) is 24.3 Å². The summed E-state index contributed by atoms with van der Waals surface area (Å²) in [6, 6.07) is 12.3. The Bertz CT molecular complexity index is 667. The van der Waals surface area contributed by atoms with E-state index in [-0.39, 0.29) is 13.0 Å². The lowest BCUT2D eigenvalue weighted by Gasteiger charge is -2.11. The molecule has 0 bridgehead atoms. The van der Waals surface area contributed by atoms with Crippen molar-refractivity contribution in [3.8, 4) is 5.75 Å². The van der Waals surface area contributed by atoms with Crippen molar-refractivity contribution < 1.29 is 19.4 Å². The Morgan fingerprint density at radius 1 is 1.19 bits per heavy atom. The summed E-state index contributed by atoms with van der Waals surface area (Å²) >= 11 is 3.34. The molecule has 21 heavy (non-hydrogen) atoms. The fourth-order valence-corrected chi connectivity index (χ4v) is 2.41. The number of carbonyl (C=O) groups excluding carboxylic acids is 1. The van der Waals surface area contributed by atoms with Gasteiger partial charge in [0.1, 0.15) is 18.6 Å². The third kappa shape index (κ3) is 4.16. The van der Waals surface area contributed by atoms with Crippen molar-refractivity contribution in [1.29, 1.82) is 0 Å². The topological polar surface area (TPSA) is 63.6 Å². The number of ether oxygens (including phenoxy) is 1. The van der Waals surface area contributed by atoms with Crippen LogP contribution in [0.3, 0.4) is 0 Å². The molecular formula is C16H13BrO4. The Balaban J connectivity index is 2.13. The van der Waals surface area contributed by atoms with Gasteiger partial charge >= 0.3 is 5.97 Å². The van der Waals surface area contributed by atoms with Crippen molar-refractivity contribution in [2.24, 2.45) is 0 Å². The zero-order valence-corrected chi connectivity index (χ0v) is 12.7. The Hall–Kier alpha value is -2.14. The molecule has 0 saturated heterocycles. The molecule has 0 unspecified atom stereocenters. The zero-order chi connectivity index (χ0) is 15.2. The summed E-state index contributed by atoms with van der Waals surface area (Å²) in [4.78, 5) is 21.5. The lowest BCUT2D eigenvalue weighted by atomic mass is 10.1. The number of carboxylic acid groups (broad SMARTS) is 1. The largest absolute Gasteiger partial charge is 0.488 e. The lowest BCUT2D eigenvalue weighted by Crippen LogP contribution is -2.06. The molecule has 0 aliphatic rings. The van der Waals surface area contributed by atoms with Crippen LogP contribution in [-0.4, -0.2) is 17.4 Å². The second-order valence-corrected chi connectivity index (χ2v) is 5.29. The minimum Gasteiger partial charge on any atom is -0.488 e. The first-order valence-corrected chi connectivity index (χ1v) is 7.05. The maximum Gasteiger partial charge on any atom is 0.307 e. The predicted molar refractivity (Wildman–Crippen MR) is 81.6 cm³/mol. The van der Waals surface area contributed by atoms with Crippen molar-refractivity contribution in [1.82, 2.24) is 0 Å². The minimum atomic E-state index is -0.876. The fourth-order valence-electron chi connectivity index (χ4n) is 1.90. The van der Waals surface area contributed by atoms with Crippen LogP contribution in [-0.2, 0) is 17.8 Å². The third-order valence-electron chi connectivity index (χ3n) is 2.94. The van der Waals surface area contributed by atoms with Crippen LogP contribution in [0.25, 0.3) is 0 Å². The molecule has 0 fully saturated rings. The number of benzene rings is 2. The standard InChI is InChI=1S/C16H13BrO4/c17-14-7-11(9-18)5-6-15(14)21-10-13-4-2-1-3-12(13)8-16(19)20/h1-7,9H,8,10H2,(H,19,20). The zero-order valence-electron chi connectivity index (χ0n) is 11.1. The Kier molecular flexibility index (Phi) is 5.11. The quantitative estimate of drug-likeness (QED) is 0.812. The third-order valence-corrected chi connectivity index (χ3v) is 3.55. The SMILES string of the molecule is O=Cc1ccc(OCc2ccccc2CC(=O)O)c(Br)c1. The summed E-state index contributed by atoms with van der Waals surface area (Å²) in [5.41, 5.74) is 2.11. The summed E-state index contributed by atoms with van der Waals surface area (Å²) in [6.45, 7) is 0.266. The Morgan fingerprint density at radius 2 is 1.90 bits per heavy atom. The number of carbonyl (C=O) groups is 2. The maximum atomic E-state index is 10.8. The van der Waals surface area contributed by atoms with E-state index in [1.165, 1.54) is 0 Å². The van der Waals surface area contributed by atoms with Gasteiger partial charge in [0.2, 0.25) is 0 Å². The molecule has 0 saturated carbocycles. The van der Waals surface area contributed by atoms with Gasteiger partial charge in [-0.05, 0) is 45.3 Å². The monoisotopic (exact) mass is 348 g/mol. The molecule has 0 aromatic heterocycles. The van der Waals surface area contributed by atoms with Crippen molar-refractivity contribution in [3.05, 3.63) is 63.6 Å². The molecule has 0 amide bonds. The van der Waals surface area contributed by atoms with Gasteiger partial charge in [-0.3, -0.25) is 9.59 Å². The van der Waals surface area contributed by atoms with Gasteiger partial charge in [-0.25, -0.2) is 0 Å². The highest BCUT2D eigenvalue weighted by Crippen LogP contribution is 2.26. The van der Waals surface area contributed by atoms with Crippen LogP contribution in [0.4, 0.5) is 0 Å². The molecule has 4 nitrogen and oxygen atoms in total. The van der Waals surface area contributed by atoms with Crippen LogP contribution in [0.1, 0.15) is 21.5 Å². The van der Waals surface area contributed by atoms with Crippen molar-refractivity contribution in [3.63, 3.8) is 0 Å². The van der Waals surface area contributed by atoms with Gasteiger partial charge in [0.05, 0.1) is 10.9 Å². The van der Waals surface area contributed by atoms with Gasteiger partial charge in [0.25, 0.3) is 0 Å². The number of aliphatic carboxylic acids is 1. The van der Waals surface area contributed by atoms with E-state index in [2.05, 4.69) is 15.9 Å². The van der Waals surface area contributed by atoms with Crippen molar-refractivity contribution >= 4 is 28.2 Å². The van der Waals surface area contributed by atoms with E-state index in [0.717, 1.165) is 17.4 Å². The molecule has 0 aliphatic heterocycles. The summed E-state index contributed by atoms with van der Waals surface area (Å²) in [5, 5.41) is 8.90. The van der Waals surface area contributed by atoms with Gasteiger partial charge in [-0.15, -0.1) is 0 Å². The molecule has 2 rings (SSSR count). The number of halogens is 1. The van der Waals surface area contributed by atoms with Crippen LogP contribution in [0.2, 0.25) is 0 Å². The number of aldehydes is 1. The van der Waals surface area contributed by atoms with E-state index >= 15 is 0 Å². The second-order valence-electron chi connectivity index (χ2n) is 4.44. The van der Waals surface area contributed by atoms with E-state index in [9.17, 15) is 9.59 Å². The van der Waals surface area contributed by atoms with Gasteiger partial charge < -0.3 is 9.84 Å². The van der Waals surface area contributed by atoms with E-state index in [4.69, 9.17) is 9.84 Å². The molecule has 1 N–H and O–H groups in total.